The van der Waals surface area contributed by atoms with E-state index in [-0.39, 0.29) is 18.9 Å². The normalized spacial score (nSPS) is 26.5. The fraction of sp³-hybridized carbons (Fsp3) is 0.917. The summed E-state index contributed by atoms with van der Waals surface area (Å²) in [7, 11) is 0. The molecule has 1 saturated heterocycles. The van der Waals surface area contributed by atoms with Gasteiger partial charge in [-0.1, -0.05) is 0 Å². The number of aliphatic hydroxyl groups is 1. The quantitative estimate of drug-likeness (QED) is 0.770. The molecular weight excluding hydrogens is 225 g/mol. The molecule has 0 radical (unpaired) electrons. The van der Waals surface area contributed by atoms with Crippen LogP contribution in [0.5, 0.6) is 0 Å². The number of halogens is 1. The summed E-state index contributed by atoms with van der Waals surface area (Å²) in [6, 6.07) is 0. The molecule has 0 unspecified atom stereocenters. The Morgan fingerprint density at radius 3 is 2.53 bits per heavy atom. The number of carbonyl (C=O) groups excluding carboxylic acids is 1. The van der Waals surface area contributed by atoms with Gasteiger partial charge in [0.25, 0.3) is 0 Å². The zero-order chi connectivity index (χ0) is 13.1. The van der Waals surface area contributed by atoms with Crippen molar-refractivity contribution in [1.82, 2.24) is 4.90 Å². The van der Waals surface area contributed by atoms with Crippen molar-refractivity contribution in [3.05, 3.63) is 0 Å². The second-order valence-electron chi connectivity index (χ2n) is 5.50. The third-order valence-electron chi connectivity index (χ3n) is 2.84. The lowest BCUT2D eigenvalue weighted by atomic mass is 10.0. The molecule has 0 aromatic rings. The van der Waals surface area contributed by atoms with Crippen LogP contribution in [-0.4, -0.2) is 47.6 Å². The molecule has 1 fully saturated rings. The van der Waals surface area contributed by atoms with Crippen LogP contribution in [0.15, 0.2) is 0 Å². The highest BCUT2D eigenvalue weighted by molar-refractivity contribution is 5.68. The largest absolute Gasteiger partial charge is 0.444 e. The number of amides is 1. The molecule has 1 rings (SSSR count). The van der Waals surface area contributed by atoms with Crippen molar-refractivity contribution in [2.45, 2.75) is 45.4 Å². The fourth-order valence-electron chi connectivity index (χ4n) is 1.84. The Morgan fingerprint density at radius 1 is 1.41 bits per heavy atom. The summed E-state index contributed by atoms with van der Waals surface area (Å²) in [5.41, 5.74) is -0.533. The van der Waals surface area contributed by atoms with Gasteiger partial charge in [0.2, 0.25) is 0 Å². The van der Waals surface area contributed by atoms with Crippen molar-refractivity contribution >= 4 is 6.09 Å². The van der Waals surface area contributed by atoms with Gasteiger partial charge in [0, 0.05) is 25.6 Å². The molecule has 0 aliphatic carbocycles. The molecule has 1 heterocycles. The number of ether oxygens (including phenoxy) is 1. The van der Waals surface area contributed by atoms with Crippen molar-refractivity contribution in [3.8, 4) is 0 Å². The van der Waals surface area contributed by atoms with Crippen LogP contribution in [0.2, 0.25) is 0 Å². The zero-order valence-corrected chi connectivity index (χ0v) is 10.8. The smallest absolute Gasteiger partial charge is 0.410 e. The lowest BCUT2D eigenvalue weighted by Gasteiger charge is -2.26. The van der Waals surface area contributed by atoms with Crippen LogP contribution in [-0.2, 0) is 4.74 Å². The summed E-state index contributed by atoms with van der Waals surface area (Å²) < 4.78 is 18.8. The van der Waals surface area contributed by atoms with E-state index in [4.69, 9.17) is 9.84 Å². The molecule has 0 bridgehead atoms. The van der Waals surface area contributed by atoms with Gasteiger partial charge in [-0.05, 0) is 33.6 Å². The molecule has 17 heavy (non-hydrogen) atoms. The topological polar surface area (TPSA) is 49.8 Å². The minimum Gasteiger partial charge on any atom is -0.444 e. The van der Waals surface area contributed by atoms with E-state index in [1.165, 1.54) is 4.90 Å². The van der Waals surface area contributed by atoms with Gasteiger partial charge in [0.05, 0.1) is 0 Å². The highest BCUT2D eigenvalue weighted by Gasteiger charge is 2.29. The van der Waals surface area contributed by atoms with Gasteiger partial charge in [0.15, 0.2) is 0 Å². The Labute approximate surface area is 102 Å². The Bertz CT molecular complexity index is 265. The predicted molar refractivity (Wildman–Crippen MR) is 62.5 cm³/mol. The zero-order valence-electron chi connectivity index (χ0n) is 10.8. The number of aliphatic hydroxyl groups excluding tert-OH is 1. The molecule has 4 nitrogen and oxygen atoms in total. The first-order valence-corrected chi connectivity index (χ1v) is 6.06. The monoisotopic (exact) mass is 247 g/mol. The molecule has 1 aliphatic heterocycles. The van der Waals surface area contributed by atoms with E-state index in [1.54, 1.807) is 20.8 Å². The molecular formula is C12H22FNO3. The highest BCUT2D eigenvalue weighted by Crippen LogP contribution is 2.22. The molecule has 0 aromatic heterocycles. The van der Waals surface area contributed by atoms with Crippen LogP contribution in [0.25, 0.3) is 0 Å². The number of alkyl halides is 1. The summed E-state index contributed by atoms with van der Waals surface area (Å²) in [6.45, 7) is 6.04. The second kappa shape index (κ2) is 5.67. The second-order valence-corrected chi connectivity index (χ2v) is 5.50. The Kier molecular flexibility index (Phi) is 4.74. The third kappa shape index (κ3) is 4.50. The molecule has 0 spiro atoms. The first-order valence-electron chi connectivity index (χ1n) is 6.06. The maximum atomic E-state index is 13.5. The van der Waals surface area contributed by atoms with Gasteiger partial charge in [0.1, 0.15) is 11.8 Å². The van der Waals surface area contributed by atoms with Crippen LogP contribution >= 0.6 is 0 Å². The van der Waals surface area contributed by atoms with E-state index in [1.807, 2.05) is 0 Å². The highest BCUT2D eigenvalue weighted by atomic mass is 19.1. The standard InChI is InChI=1S/C12H22FNO3/c1-12(2,3)17-11(16)14-6-4-9(8-15)10(13)5-7-14/h9-10,15H,4-8H2,1-3H3/t9-,10+/m0/s1. The van der Waals surface area contributed by atoms with Crippen LogP contribution in [0, 0.1) is 5.92 Å². The summed E-state index contributed by atoms with van der Waals surface area (Å²) in [6.07, 6.45) is -0.683. The predicted octanol–water partition coefficient (Wildman–Crippen LogP) is 1.96. The Morgan fingerprint density at radius 2 is 2.00 bits per heavy atom. The van der Waals surface area contributed by atoms with Gasteiger partial charge in [-0.25, -0.2) is 9.18 Å². The molecule has 2 atom stereocenters. The first kappa shape index (κ1) is 14.2. The number of hydrogen-bond acceptors (Lipinski definition) is 3. The Hall–Kier alpha value is -0.840. The SMILES string of the molecule is CC(C)(C)OC(=O)N1CC[C@@H](CO)[C@H](F)CC1. The van der Waals surface area contributed by atoms with Gasteiger partial charge >= 0.3 is 6.09 Å². The first-order chi connectivity index (χ1) is 7.83. The maximum absolute atomic E-state index is 13.5. The summed E-state index contributed by atoms with van der Waals surface area (Å²) in [5.74, 6) is -0.359. The number of hydrogen-bond donors (Lipinski definition) is 1. The average Bonchev–Trinajstić information content (AvgIpc) is 2.37. The maximum Gasteiger partial charge on any atom is 0.410 e. The molecule has 0 saturated carbocycles. The number of rotatable bonds is 1. The summed E-state index contributed by atoms with van der Waals surface area (Å²) in [4.78, 5) is 13.3. The van der Waals surface area contributed by atoms with Gasteiger partial charge < -0.3 is 14.7 Å². The number of carbonyl (C=O) groups is 1. The van der Waals surface area contributed by atoms with Crippen molar-refractivity contribution in [2.24, 2.45) is 5.92 Å². The van der Waals surface area contributed by atoms with Gasteiger partial charge in [-0.2, -0.15) is 0 Å². The molecule has 0 aromatic carbocycles. The van der Waals surface area contributed by atoms with Gasteiger partial charge in [-0.3, -0.25) is 0 Å². The van der Waals surface area contributed by atoms with Crippen LogP contribution in [0.1, 0.15) is 33.6 Å². The van der Waals surface area contributed by atoms with Crippen molar-refractivity contribution in [3.63, 3.8) is 0 Å². The van der Waals surface area contributed by atoms with Crippen LogP contribution < -0.4 is 0 Å². The van der Waals surface area contributed by atoms with Crippen LogP contribution in [0.4, 0.5) is 9.18 Å². The summed E-state index contributed by atoms with van der Waals surface area (Å²) in [5, 5.41) is 9.02. The van der Waals surface area contributed by atoms with Crippen molar-refractivity contribution in [2.75, 3.05) is 19.7 Å². The number of nitrogens with zero attached hydrogens (tertiary/aromatic N) is 1. The van der Waals surface area contributed by atoms with E-state index in [0.717, 1.165) is 0 Å². The number of likely N-dealkylation sites (tertiary alicyclic amines) is 1. The fourth-order valence-corrected chi connectivity index (χ4v) is 1.84. The van der Waals surface area contributed by atoms with Crippen molar-refractivity contribution in [1.29, 1.82) is 0 Å². The molecule has 100 valence electrons. The van der Waals surface area contributed by atoms with E-state index in [0.29, 0.717) is 19.5 Å². The molecule has 1 amide bonds. The lowest BCUT2D eigenvalue weighted by molar-refractivity contribution is 0.0253. The van der Waals surface area contributed by atoms with E-state index < -0.39 is 17.9 Å². The van der Waals surface area contributed by atoms with Gasteiger partial charge in [-0.15, -0.1) is 0 Å². The van der Waals surface area contributed by atoms with Crippen molar-refractivity contribution < 1.29 is 19.0 Å². The third-order valence-corrected chi connectivity index (χ3v) is 2.84. The Balaban J connectivity index is 2.53. The molecule has 1 aliphatic rings. The molecule has 5 heteroatoms. The van der Waals surface area contributed by atoms with Crippen LogP contribution in [0.3, 0.4) is 0 Å². The van der Waals surface area contributed by atoms with E-state index in [9.17, 15) is 9.18 Å². The molecule has 1 N–H and O–H groups in total. The van der Waals surface area contributed by atoms with E-state index in [2.05, 4.69) is 0 Å². The minimum atomic E-state index is -1.03. The van der Waals surface area contributed by atoms with E-state index >= 15 is 0 Å². The average molecular weight is 247 g/mol. The minimum absolute atomic E-state index is 0.163. The summed E-state index contributed by atoms with van der Waals surface area (Å²) >= 11 is 0. The lowest BCUT2D eigenvalue weighted by Crippen LogP contribution is -2.37.